The number of benzene rings is 1. The SMILES string of the molecule is CN1CC(CN)CC1c1ccc2nc(C3CC3)sc2c1. The van der Waals surface area contributed by atoms with E-state index in [1.54, 1.807) is 0 Å². The number of nitrogens with two attached hydrogens (primary N) is 1. The van der Waals surface area contributed by atoms with E-state index in [0.29, 0.717) is 12.0 Å². The topological polar surface area (TPSA) is 42.1 Å². The number of hydrogen-bond acceptors (Lipinski definition) is 4. The number of hydrogen-bond donors (Lipinski definition) is 1. The summed E-state index contributed by atoms with van der Waals surface area (Å²) >= 11 is 1.89. The predicted molar refractivity (Wildman–Crippen MR) is 84.1 cm³/mol. The molecule has 0 spiro atoms. The van der Waals surface area contributed by atoms with Crippen LogP contribution in [0.2, 0.25) is 0 Å². The highest BCUT2D eigenvalue weighted by molar-refractivity contribution is 7.18. The van der Waals surface area contributed by atoms with Gasteiger partial charge in [-0.1, -0.05) is 6.07 Å². The third-order valence-corrected chi connectivity index (χ3v) is 5.89. The third-order valence-electron chi connectivity index (χ3n) is 4.71. The molecule has 1 aliphatic carbocycles. The Morgan fingerprint density at radius 2 is 2.25 bits per heavy atom. The number of nitrogens with zero attached hydrogens (tertiary/aromatic N) is 2. The molecule has 20 heavy (non-hydrogen) atoms. The van der Waals surface area contributed by atoms with Crippen molar-refractivity contribution in [2.45, 2.75) is 31.2 Å². The highest BCUT2D eigenvalue weighted by Gasteiger charge is 2.30. The average molecular weight is 287 g/mol. The molecule has 4 heteroatoms. The summed E-state index contributed by atoms with van der Waals surface area (Å²) in [4.78, 5) is 7.22. The first-order chi connectivity index (χ1) is 9.74. The van der Waals surface area contributed by atoms with Gasteiger partial charge in [0.05, 0.1) is 15.2 Å². The summed E-state index contributed by atoms with van der Waals surface area (Å²) in [6.45, 7) is 1.92. The second kappa shape index (κ2) is 4.79. The Labute approximate surface area is 123 Å². The number of rotatable bonds is 3. The number of thiazole rings is 1. The van der Waals surface area contributed by atoms with Gasteiger partial charge in [-0.2, -0.15) is 0 Å². The maximum Gasteiger partial charge on any atom is 0.0969 e. The summed E-state index contributed by atoms with van der Waals surface area (Å²) in [5.41, 5.74) is 8.45. The van der Waals surface area contributed by atoms with Crippen LogP contribution in [0.25, 0.3) is 10.2 Å². The molecule has 2 fully saturated rings. The lowest BCUT2D eigenvalue weighted by atomic mass is 10.00. The summed E-state index contributed by atoms with van der Waals surface area (Å²) in [5.74, 6) is 1.40. The van der Waals surface area contributed by atoms with Crippen LogP contribution in [0.4, 0.5) is 0 Å². The second-order valence-electron chi connectivity index (χ2n) is 6.35. The van der Waals surface area contributed by atoms with Crippen molar-refractivity contribution in [3.63, 3.8) is 0 Å². The van der Waals surface area contributed by atoms with Crippen LogP contribution in [0.1, 0.15) is 41.8 Å². The van der Waals surface area contributed by atoms with Crippen molar-refractivity contribution in [1.29, 1.82) is 0 Å². The fourth-order valence-electron chi connectivity index (χ4n) is 3.34. The molecule has 1 saturated carbocycles. The normalized spacial score (nSPS) is 27.5. The molecule has 0 amide bonds. The van der Waals surface area contributed by atoms with Crippen molar-refractivity contribution in [3.8, 4) is 0 Å². The Balaban J connectivity index is 1.66. The van der Waals surface area contributed by atoms with Crippen molar-refractivity contribution in [2.24, 2.45) is 11.7 Å². The van der Waals surface area contributed by atoms with Gasteiger partial charge in [0.25, 0.3) is 0 Å². The van der Waals surface area contributed by atoms with Crippen molar-refractivity contribution in [2.75, 3.05) is 20.1 Å². The Morgan fingerprint density at radius 1 is 1.40 bits per heavy atom. The van der Waals surface area contributed by atoms with Crippen LogP contribution in [0.3, 0.4) is 0 Å². The molecular formula is C16H21N3S. The van der Waals surface area contributed by atoms with E-state index < -0.39 is 0 Å². The molecule has 2 heterocycles. The van der Waals surface area contributed by atoms with E-state index in [0.717, 1.165) is 19.0 Å². The van der Waals surface area contributed by atoms with Gasteiger partial charge in [-0.3, -0.25) is 4.90 Å². The zero-order valence-electron chi connectivity index (χ0n) is 11.9. The van der Waals surface area contributed by atoms with E-state index in [1.807, 2.05) is 11.3 Å². The maximum absolute atomic E-state index is 5.84. The Morgan fingerprint density at radius 3 is 2.95 bits per heavy atom. The standard InChI is InChI=1S/C16H21N3S/c1-19-9-10(8-17)6-14(19)12-4-5-13-15(7-12)20-16(18-13)11-2-3-11/h4-5,7,10-11,14H,2-3,6,8-9,17H2,1H3. The van der Waals surface area contributed by atoms with Crippen LogP contribution >= 0.6 is 11.3 Å². The zero-order valence-corrected chi connectivity index (χ0v) is 12.7. The van der Waals surface area contributed by atoms with Crippen molar-refractivity contribution >= 4 is 21.6 Å². The highest BCUT2D eigenvalue weighted by atomic mass is 32.1. The van der Waals surface area contributed by atoms with Crippen LogP contribution in [0, 0.1) is 5.92 Å². The van der Waals surface area contributed by atoms with Gasteiger partial charge < -0.3 is 5.73 Å². The third kappa shape index (κ3) is 2.16. The van der Waals surface area contributed by atoms with Gasteiger partial charge in [0.1, 0.15) is 0 Å². The number of fused-ring (bicyclic) bond motifs is 1. The molecule has 0 bridgehead atoms. The monoisotopic (exact) mass is 287 g/mol. The van der Waals surface area contributed by atoms with Crippen LogP contribution in [-0.2, 0) is 0 Å². The van der Waals surface area contributed by atoms with Gasteiger partial charge >= 0.3 is 0 Å². The number of aromatic nitrogens is 1. The molecule has 0 radical (unpaired) electrons. The van der Waals surface area contributed by atoms with Crippen molar-refractivity contribution in [3.05, 3.63) is 28.8 Å². The van der Waals surface area contributed by atoms with Crippen LogP contribution < -0.4 is 5.73 Å². The van der Waals surface area contributed by atoms with Gasteiger partial charge in [-0.05, 0) is 56.5 Å². The van der Waals surface area contributed by atoms with Crippen LogP contribution in [0.15, 0.2) is 18.2 Å². The Kier molecular flexibility index (Phi) is 3.05. The maximum atomic E-state index is 5.84. The fourth-order valence-corrected chi connectivity index (χ4v) is 4.52. The fraction of sp³-hybridized carbons (Fsp3) is 0.562. The van der Waals surface area contributed by atoms with E-state index in [1.165, 1.54) is 40.1 Å². The van der Waals surface area contributed by atoms with Gasteiger partial charge in [0.15, 0.2) is 0 Å². The zero-order chi connectivity index (χ0) is 13.7. The Hall–Kier alpha value is -0.970. The lowest BCUT2D eigenvalue weighted by Crippen LogP contribution is -2.20. The summed E-state index contributed by atoms with van der Waals surface area (Å²) < 4.78 is 1.36. The molecule has 1 aliphatic heterocycles. The quantitative estimate of drug-likeness (QED) is 0.943. The van der Waals surface area contributed by atoms with E-state index in [2.05, 4.69) is 30.1 Å². The van der Waals surface area contributed by atoms with E-state index >= 15 is 0 Å². The van der Waals surface area contributed by atoms with E-state index in [9.17, 15) is 0 Å². The van der Waals surface area contributed by atoms with Gasteiger partial charge in [0.2, 0.25) is 0 Å². The molecule has 1 saturated heterocycles. The minimum Gasteiger partial charge on any atom is -0.330 e. The predicted octanol–water partition coefficient (Wildman–Crippen LogP) is 3.13. The summed E-state index contributed by atoms with van der Waals surface area (Å²) in [6.07, 6.45) is 3.85. The first-order valence-electron chi connectivity index (χ1n) is 7.55. The van der Waals surface area contributed by atoms with Gasteiger partial charge in [-0.15, -0.1) is 11.3 Å². The molecule has 2 atom stereocenters. The first kappa shape index (κ1) is 12.7. The highest BCUT2D eigenvalue weighted by Crippen LogP contribution is 2.44. The molecule has 2 unspecified atom stereocenters. The lowest BCUT2D eigenvalue weighted by molar-refractivity contribution is 0.314. The molecule has 3 nitrogen and oxygen atoms in total. The molecule has 1 aromatic carbocycles. The van der Waals surface area contributed by atoms with Crippen LogP contribution in [-0.4, -0.2) is 30.0 Å². The van der Waals surface area contributed by atoms with Crippen LogP contribution in [0.5, 0.6) is 0 Å². The second-order valence-corrected chi connectivity index (χ2v) is 7.41. The van der Waals surface area contributed by atoms with E-state index in [4.69, 9.17) is 10.7 Å². The Bertz CT molecular complexity index is 632. The first-order valence-corrected chi connectivity index (χ1v) is 8.37. The lowest BCUT2D eigenvalue weighted by Gasteiger charge is -2.19. The molecule has 2 N–H and O–H groups in total. The average Bonchev–Trinajstić information content (AvgIpc) is 3.11. The summed E-state index contributed by atoms with van der Waals surface area (Å²) in [6, 6.07) is 7.36. The molecular weight excluding hydrogens is 266 g/mol. The minimum atomic E-state index is 0.527. The van der Waals surface area contributed by atoms with Gasteiger partial charge in [-0.25, -0.2) is 4.98 Å². The molecule has 1 aromatic heterocycles. The van der Waals surface area contributed by atoms with E-state index in [-0.39, 0.29) is 0 Å². The van der Waals surface area contributed by atoms with Gasteiger partial charge in [0, 0.05) is 18.5 Å². The smallest absolute Gasteiger partial charge is 0.0969 e. The summed E-state index contributed by atoms with van der Waals surface area (Å²) in [7, 11) is 2.22. The number of likely N-dealkylation sites (tertiary alicyclic amines) is 1. The summed E-state index contributed by atoms with van der Waals surface area (Å²) in [5, 5.41) is 1.34. The largest absolute Gasteiger partial charge is 0.330 e. The van der Waals surface area contributed by atoms with Crippen molar-refractivity contribution in [1.82, 2.24) is 9.88 Å². The molecule has 4 rings (SSSR count). The van der Waals surface area contributed by atoms with Crippen molar-refractivity contribution < 1.29 is 0 Å². The molecule has 2 aromatic rings. The molecule has 2 aliphatic rings. The minimum absolute atomic E-state index is 0.527. The molecule has 106 valence electrons.